The molecule has 0 aliphatic rings. The van der Waals surface area contributed by atoms with Crippen LogP contribution in [0.15, 0.2) is 17.5 Å². The van der Waals surface area contributed by atoms with Crippen LogP contribution in [0.5, 0.6) is 0 Å². The number of carbonyl (C=O) groups is 1. The maximum absolute atomic E-state index is 12.0. The lowest BCUT2D eigenvalue weighted by Crippen LogP contribution is -2.40. The molecule has 5 heteroatoms. The van der Waals surface area contributed by atoms with Crippen LogP contribution in [0, 0.1) is 5.92 Å². The molecule has 0 saturated carbocycles. The first kappa shape index (κ1) is 17.1. The van der Waals surface area contributed by atoms with E-state index in [1.165, 1.54) is 4.88 Å². The molecule has 0 bridgehead atoms. The summed E-state index contributed by atoms with van der Waals surface area (Å²) in [6, 6.07) is 4.34. The number of ether oxygens (including phenoxy) is 1. The number of hydrogen-bond acceptors (Lipinski definition) is 4. The van der Waals surface area contributed by atoms with Crippen molar-refractivity contribution in [2.45, 2.75) is 32.9 Å². The van der Waals surface area contributed by atoms with Crippen molar-refractivity contribution in [1.82, 2.24) is 10.2 Å². The molecule has 1 rings (SSSR count). The second-order valence-electron chi connectivity index (χ2n) is 5.61. The smallest absolute Gasteiger partial charge is 0.248 e. The van der Waals surface area contributed by atoms with E-state index in [9.17, 15) is 4.79 Å². The molecule has 4 nitrogen and oxygen atoms in total. The maximum Gasteiger partial charge on any atom is 0.248 e. The predicted octanol–water partition coefficient (Wildman–Crippen LogP) is 2.53. The molecule has 0 aliphatic heterocycles. The van der Waals surface area contributed by atoms with E-state index in [0.29, 0.717) is 19.1 Å². The Balaban J connectivity index is 2.45. The molecule has 2 atom stereocenters. The predicted molar refractivity (Wildman–Crippen MR) is 84.0 cm³/mol. The summed E-state index contributed by atoms with van der Waals surface area (Å²) in [6.45, 7) is 7.15. The first-order chi connectivity index (χ1) is 9.41. The maximum atomic E-state index is 12.0. The summed E-state index contributed by atoms with van der Waals surface area (Å²) in [7, 11) is 4.05. The molecule has 0 saturated heterocycles. The average Bonchev–Trinajstić information content (AvgIpc) is 2.89. The van der Waals surface area contributed by atoms with Crippen molar-refractivity contribution in [2.24, 2.45) is 5.92 Å². The van der Waals surface area contributed by atoms with Crippen molar-refractivity contribution < 1.29 is 9.53 Å². The van der Waals surface area contributed by atoms with Crippen LogP contribution in [0.4, 0.5) is 0 Å². The third-order valence-corrected chi connectivity index (χ3v) is 3.99. The van der Waals surface area contributed by atoms with E-state index in [1.54, 1.807) is 18.3 Å². The first-order valence-electron chi connectivity index (χ1n) is 7.01. The summed E-state index contributed by atoms with van der Waals surface area (Å²) in [4.78, 5) is 15.4. The third kappa shape index (κ3) is 5.61. The Labute approximate surface area is 126 Å². The lowest BCUT2D eigenvalue weighted by molar-refractivity contribution is -0.132. The highest BCUT2D eigenvalue weighted by atomic mass is 32.1. The van der Waals surface area contributed by atoms with E-state index >= 15 is 0 Å². The fraction of sp³-hybridized carbons (Fsp3) is 0.667. The van der Waals surface area contributed by atoms with Gasteiger partial charge in [-0.05, 0) is 38.4 Å². The molecule has 20 heavy (non-hydrogen) atoms. The number of nitrogens with zero attached hydrogens (tertiary/aromatic N) is 1. The van der Waals surface area contributed by atoms with Crippen molar-refractivity contribution in [3.8, 4) is 0 Å². The summed E-state index contributed by atoms with van der Waals surface area (Å²) in [5, 5.41) is 5.03. The SMILES string of the molecule is CC(C)CO[C@H](C)C(=O)NC[C@@H](c1cccs1)N(C)C. The molecule has 0 unspecified atom stereocenters. The fourth-order valence-electron chi connectivity index (χ4n) is 1.77. The summed E-state index contributed by atoms with van der Waals surface area (Å²) >= 11 is 1.71. The van der Waals surface area contributed by atoms with Gasteiger partial charge in [0.05, 0.1) is 6.04 Å². The topological polar surface area (TPSA) is 41.6 Å². The average molecular weight is 298 g/mol. The molecule has 0 aliphatic carbocycles. The number of rotatable bonds is 8. The number of likely N-dealkylation sites (N-methyl/N-ethyl adjacent to an activating group) is 1. The van der Waals surface area contributed by atoms with Crippen molar-refractivity contribution in [3.63, 3.8) is 0 Å². The normalized spacial score (nSPS) is 14.6. The zero-order chi connectivity index (χ0) is 15.1. The van der Waals surface area contributed by atoms with Crippen molar-refractivity contribution >= 4 is 17.2 Å². The van der Waals surface area contributed by atoms with Crippen LogP contribution < -0.4 is 5.32 Å². The van der Waals surface area contributed by atoms with Gasteiger partial charge in [-0.1, -0.05) is 19.9 Å². The molecule has 0 radical (unpaired) electrons. The molecule has 0 fully saturated rings. The van der Waals surface area contributed by atoms with Crippen molar-refractivity contribution in [1.29, 1.82) is 0 Å². The largest absolute Gasteiger partial charge is 0.368 e. The van der Waals surface area contributed by atoms with Crippen LogP contribution in [0.25, 0.3) is 0 Å². The van der Waals surface area contributed by atoms with Gasteiger partial charge in [0.2, 0.25) is 5.91 Å². The van der Waals surface area contributed by atoms with Crippen molar-refractivity contribution in [3.05, 3.63) is 22.4 Å². The zero-order valence-corrected chi connectivity index (χ0v) is 13.9. The van der Waals surface area contributed by atoms with Gasteiger partial charge in [0, 0.05) is 18.0 Å². The van der Waals surface area contributed by atoms with Gasteiger partial charge in [-0.15, -0.1) is 11.3 Å². The number of hydrogen-bond donors (Lipinski definition) is 1. The molecule has 1 heterocycles. The minimum Gasteiger partial charge on any atom is -0.368 e. The molecule has 1 N–H and O–H groups in total. The van der Waals surface area contributed by atoms with Crippen LogP contribution >= 0.6 is 11.3 Å². The van der Waals surface area contributed by atoms with Crippen LogP contribution in [0.2, 0.25) is 0 Å². The molecule has 0 aromatic carbocycles. The van der Waals surface area contributed by atoms with E-state index in [1.807, 2.05) is 20.2 Å². The molecule has 1 aromatic rings. The van der Waals surface area contributed by atoms with Crippen LogP contribution in [0.3, 0.4) is 0 Å². The highest BCUT2D eigenvalue weighted by Gasteiger charge is 2.19. The van der Waals surface area contributed by atoms with E-state index < -0.39 is 6.10 Å². The molecule has 1 amide bonds. The van der Waals surface area contributed by atoms with E-state index in [0.717, 1.165) is 0 Å². The highest BCUT2D eigenvalue weighted by molar-refractivity contribution is 7.10. The van der Waals surface area contributed by atoms with Gasteiger partial charge in [-0.2, -0.15) is 0 Å². The Hall–Kier alpha value is -0.910. The Bertz CT molecular complexity index is 391. The van der Waals surface area contributed by atoms with Gasteiger partial charge < -0.3 is 15.0 Å². The number of thiophene rings is 1. The number of amides is 1. The Morgan fingerprint density at radius 1 is 1.40 bits per heavy atom. The highest BCUT2D eigenvalue weighted by Crippen LogP contribution is 2.22. The molecule has 0 spiro atoms. The molecule has 1 aromatic heterocycles. The van der Waals surface area contributed by atoms with E-state index in [2.05, 4.69) is 35.5 Å². The standard InChI is InChI=1S/C15H26N2O2S/c1-11(2)10-19-12(3)15(18)16-9-13(17(4)5)14-7-6-8-20-14/h6-8,11-13H,9-10H2,1-5H3,(H,16,18)/t12-,13+/m1/s1. The van der Waals surface area contributed by atoms with Crippen LogP contribution in [0.1, 0.15) is 31.7 Å². The summed E-state index contributed by atoms with van der Waals surface area (Å²) in [6.07, 6.45) is -0.399. The minimum absolute atomic E-state index is 0.0472. The lowest BCUT2D eigenvalue weighted by Gasteiger charge is -2.24. The fourth-order valence-corrected chi connectivity index (χ4v) is 2.69. The van der Waals surface area contributed by atoms with Gasteiger partial charge in [-0.25, -0.2) is 0 Å². The number of carbonyl (C=O) groups excluding carboxylic acids is 1. The Morgan fingerprint density at radius 3 is 2.60 bits per heavy atom. The quantitative estimate of drug-likeness (QED) is 0.802. The second kappa shape index (κ2) is 8.39. The minimum atomic E-state index is -0.399. The number of nitrogens with one attached hydrogen (secondary N) is 1. The van der Waals surface area contributed by atoms with E-state index in [4.69, 9.17) is 4.74 Å². The van der Waals surface area contributed by atoms with Gasteiger partial charge in [0.15, 0.2) is 0 Å². The van der Waals surface area contributed by atoms with Gasteiger partial charge in [0.1, 0.15) is 6.10 Å². The molecular weight excluding hydrogens is 272 g/mol. The Kier molecular flexibility index (Phi) is 7.19. The van der Waals surface area contributed by atoms with E-state index in [-0.39, 0.29) is 11.9 Å². The third-order valence-electron chi connectivity index (χ3n) is 3.01. The second-order valence-corrected chi connectivity index (χ2v) is 6.59. The van der Waals surface area contributed by atoms with Crippen LogP contribution in [-0.2, 0) is 9.53 Å². The summed E-state index contributed by atoms with van der Waals surface area (Å²) < 4.78 is 5.53. The zero-order valence-electron chi connectivity index (χ0n) is 13.1. The molecular formula is C15H26N2O2S. The Morgan fingerprint density at radius 2 is 2.10 bits per heavy atom. The van der Waals surface area contributed by atoms with Gasteiger partial charge in [-0.3, -0.25) is 4.79 Å². The monoisotopic (exact) mass is 298 g/mol. The summed E-state index contributed by atoms with van der Waals surface area (Å²) in [5.41, 5.74) is 0. The summed E-state index contributed by atoms with van der Waals surface area (Å²) in [5.74, 6) is 0.389. The van der Waals surface area contributed by atoms with Crippen LogP contribution in [-0.4, -0.2) is 44.2 Å². The van der Waals surface area contributed by atoms with Gasteiger partial charge >= 0.3 is 0 Å². The first-order valence-corrected chi connectivity index (χ1v) is 7.89. The van der Waals surface area contributed by atoms with Gasteiger partial charge in [0.25, 0.3) is 0 Å². The lowest BCUT2D eigenvalue weighted by atomic mass is 10.2. The van der Waals surface area contributed by atoms with Crippen molar-refractivity contribution in [2.75, 3.05) is 27.2 Å². The molecule has 114 valence electrons.